The molecule has 1 aromatic heterocycles. The lowest BCUT2D eigenvalue weighted by Gasteiger charge is -2.38. The first kappa shape index (κ1) is 27.3. The highest BCUT2D eigenvalue weighted by atomic mass is 19.1. The van der Waals surface area contributed by atoms with E-state index in [-0.39, 0.29) is 17.6 Å². The zero-order chi connectivity index (χ0) is 29.2. The molecule has 3 heterocycles. The van der Waals surface area contributed by atoms with Gasteiger partial charge in [-0.3, -0.25) is 9.59 Å². The number of nitrogens with zero attached hydrogens (tertiary/aromatic N) is 3. The van der Waals surface area contributed by atoms with E-state index in [0.717, 1.165) is 36.2 Å². The van der Waals surface area contributed by atoms with Gasteiger partial charge in [-0.15, -0.1) is 0 Å². The number of likely N-dealkylation sites (tertiary alicyclic amines) is 1. The van der Waals surface area contributed by atoms with Gasteiger partial charge >= 0.3 is 0 Å². The summed E-state index contributed by atoms with van der Waals surface area (Å²) in [4.78, 5) is 32.6. The lowest BCUT2D eigenvalue weighted by Crippen LogP contribution is -2.42. The van der Waals surface area contributed by atoms with Gasteiger partial charge in [0.15, 0.2) is 5.69 Å². The first-order chi connectivity index (χ1) is 20.4. The van der Waals surface area contributed by atoms with E-state index in [1.165, 1.54) is 12.1 Å². The molecule has 1 atom stereocenters. The number of carbonyl (C=O) groups excluding carboxylic acids is 2. The van der Waals surface area contributed by atoms with Crippen LogP contribution in [0.4, 0.5) is 4.39 Å². The van der Waals surface area contributed by atoms with E-state index < -0.39 is 5.91 Å². The minimum absolute atomic E-state index is 0.0309. The summed E-state index contributed by atoms with van der Waals surface area (Å²) < 4.78 is 20.8. The Hall–Kier alpha value is -4.92. The third-order valence-electron chi connectivity index (χ3n) is 8.15. The molecule has 8 nitrogen and oxygen atoms in total. The van der Waals surface area contributed by atoms with Crippen LogP contribution in [0, 0.1) is 11.7 Å². The normalized spacial score (nSPS) is 16.8. The maximum Gasteiger partial charge on any atom is 0.269 e. The lowest BCUT2D eigenvalue weighted by molar-refractivity contribution is -0.126. The Bertz CT molecular complexity index is 1610. The van der Waals surface area contributed by atoms with Crippen LogP contribution >= 0.6 is 0 Å². The second kappa shape index (κ2) is 11.5. The third kappa shape index (κ3) is 5.37. The van der Waals surface area contributed by atoms with Gasteiger partial charge in [0.2, 0.25) is 0 Å². The van der Waals surface area contributed by atoms with Gasteiger partial charge in [0.05, 0.1) is 0 Å². The minimum Gasteiger partial charge on any atom is -0.457 e. The Kier molecular flexibility index (Phi) is 7.48. The van der Waals surface area contributed by atoms with Crippen LogP contribution in [0.2, 0.25) is 0 Å². The number of nitrogens with two attached hydrogens (primary N) is 1. The molecule has 2 amide bonds. The number of ether oxygens (including phenoxy) is 1. The number of benzene rings is 3. The number of piperidine rings is 1. The van der Waals surface area contributed by atoms with E-state index in [1.54, 1.807) is 28.9 Å². The van der Waals surface area contributed by atoms with Gasteiger partial charge in [-0.2, -0.15) is 0 Å². The predicted molar refractivity (Wildman–Crippen MR) is 159 cm³/mol. The molecule has 9 heteroatoms. The zero-order valence-corrected chi connectivity index (χ0v) is 23.1. The third-order valence-corrected chi connectivity index (χ3v) is 8.15. The molecule has 6 rings (SSSR count). The second-order valence-corrected chi connectivity index (χ2v) is 10.7. The molecule has 0 bridgehead atoms. The molecular formula is C33H32FN5O3. The topological polar surface area (TPSA) is 102 Å². The maximum atomic E-state index is 13.2. The molecule has 0 aliphatic carbocycles. The summed E-state index contributed by atoms with van der Waals surface area (Å²) in [5.41, 5.74) is 12.1. The number of halogens is 1. The molecule has 3 N–H and O–H groups in total. The fourth-order valence-electron chi connectivity index (χ4n) is 5.96. The van der Waals surface area contributed by atoms with Gasteiger partial charge in [-0.25, -0.2) is 14.1 Å². The van der Waals surface area contributed by atoms with E-state index in [2.05, 4.69) is 12.0 Å². The van der Waals surface area contributed by atoms with Crippen LogP contribution in [-0.4, -0.2) is 46.0 Å². The maximum absolute atomic E-state index is 13.2. The molecule has 214 valence electrons. The standard InChI is InChI=1S/C33H32FN5O3/c1-21(22-5-3-2-4-6-22)33(41)38-19-16-23(17-20-38)28-15-18-36-39-30(31(35)40)29(37-32(28)39)24-7-11-26(12-8-24)42-27-13-9-25(34)10-14-27/h2-14,23,28,36H,1,15-20H2,(H2,35,40). The van der Waals surface area contributed by atoms with Gasteiger partial charge in [0.1, 0.15) is 28.8 Å². The molecule has 0 spiro atoms. The van der Waals surface area contributed by atoms with Crippen molar-refractivity contribution in [2.45, 2.75) is 25.2 Å². The molecule has 2 aliphatic heterocycles. The lowest BCUT2D eigenvalue weighted by atomic mass is 9.81. The van der Waals surface area contributed by atoms with Crippen molar-refractivity contribution < 1.29 is 18.7 Å². The van der Waals surface area contributed by atoms with Crippen molar-refractivity contribution in [2.75, 3.05) is 25.1 Å². The highest BCUT2D eigenvalue weighted by Gasteiger charge is 2.36. The van der Waals surface area contributed by atoms with Crippen molar-refractivity contribution in [3.8, 4) is 22.8 Å². The van der Waals surface area contributed by atoms with Crippen molar-refractivity contribution in [1.82, 2.24) is 14.6 Å². The van der Waals surface area contributed by atoms with Crippen molar-refractivity contribution in [3.05, 3.63) is 108 Å². The summed E-state index contributed by atoms with van der Waals surface area (Å²) in [6.45, 7) is 6.02. The van der Waals surface area contributed by atoms with Crippen LogP contribution in [-0.2, 0) is 4.79 Å². The zero-order valence-electron chi connectivity index (χ0n) is 23.1. The van der Waals surface area contributed by atoms with E-state index in [9.17, 15) is 14.0 Å². The first-order valence-corrected chi connectivity index (χ1v) is 14.1. The molecule has 1 fully saturated rings. The summed E-state index contributed by atoms with van der Waals surface area (Å²) in [7, 11) is 0. The smallest absolute Gasteiger partial charge is 0.269 e. The van der Waals surface area contributed by atoms with Crippen LogP contribution in [0.1, 0.15) is 47.1 Å². The highest BCUT2D eigenvalue weighted by molar-refractivity contribution is 6.18. The Morgan fingerprint density at radius 1 is 0.929 bits per heavy atom. The second-order valence-electron chi connectivity index (χ2n) is 10.7. The number of nitrogens with one attached hydrogen (secondary N) is 1. The van der Waals surface area contributed by atoms with Crippen molar-refractivity contribution in [2.24, 2.45) is 11.7 Å². The monoisotopic (exact) mass is 565 g/mol. The summed E-state index contributed by atoms with van der Waals surface area (Å²) in [6, 6.07) is 22.6. The number of imidazole rings is 1. The first-order valence-electron chi connectivity index (χ1n) is 14.1. The Morgan fingerprint density at radius 3 is 2.21 bits per heavy atom. The minimum atomic E-state index is -0.566. The number of aromatic nitrogens is 2. The fourth-order valence-corrected chi connectivity index (χ4v) is 5.96. The van der Waals surface area contributed by atoms with Crippen molar-refractivity contribution >= 4 is 17.4 Å². The van der Waals surface area contributed by atoms with Crippen LogP contribution in [0.3, 0.4) is 0 Å². The van der Waals surface area contributed by atoms with Crippen molar-refractivity contribution in [3.63, 3.8) is 0 Å². The van der Waals surface area contributed by atoms with Crippen LogP contribution < -0.4 is 15.9 Å². The van der Waals surface area contributed by atoms with Crippen LogP contribution in [0.15, 0.2) is 85.4 Å². The number of amides is 2. The number of carbonyl (C=O) groups is 2. The summed E-state index contributed by atoms with van der Waals surface area (Å²) in [5, 5.41) is 0. The Balaban J connectivity index is 1.19. The van der Waals surface area contributed by atoms with Crippen molar-refractivity contribution in [1.29, 1.82) is 0 Å². The van der Waals surface area contributed by atoms with E-state index in [0.29, 0.717) is 54.0 Å². The number of fused-ring (bicyclic) bond motifs is 1. The predicted octanol–water partition coefficient (Wildman–Crippen LogP) is 5.56. The number of rotatable bonds is 7. The van der Waals surface area contributed by atoms with E-state index >= 15 is 0 Å². The van der Waals surface area contributed by atoms with Gasteiger partial charge in [-0.1, -0.05) is 36.9 Å². The van der Waals surface area contributed by atoms with Gasteiger partial charge in [-0.05, 0) is 79.3 Å². The Morgan fingerprint density at radius 2 is 1.57 bits per heavy atom. The highest BCUT2D eigenvalue weighted by Crippen LogP contribution is 2.39. The average molecular weight is 566 g/mol. The summed E-state index contributed by atoms with van der Waals surface area (Å²) in [6.07, 6.45) is 2.54. The molecule has 4 aromatic rings. The molecule has 1 saturated heterocycles. The molecule has 2 aliphatic rings. The largest absolute Gasteiger partial charge is 0.457 e. The van der Waals surface area contributed by atoms with Crippen LogP contribution in [0.5, 0.6) is 11.5 Å². The SMILES string of the molecule is C=C(C(=O)N1CCC(C2CCNn3c2nc(-c2ccc(Oc4ccc(F)cc4)cc2)c3C(N)=O)CC1)c1ccccc1. The molecule has 1 unspecified atom stereocenters. The summed E-state index contributed by atoms with van der Waals surface area (Å²) in [5.74, 6) is 1.37. The number of hydrogen-bond donors (Lipinski definition) is 2. The van der Waals surface area contributed by atoms with Crippen LogP contribution in [0.25, 0.3) is 16.8 Å². The van der Waals surface area contributed by atoms with E-state index in [4.69, 9.17) is 15.5 Å². The number of primary amides is 1. The fraction of sp³-hybridized carbons (Fsp3) is 0.242. The van der Waals surface area contributed by atoms with Gasteiger partial charge < -0.3 is 20.8 Å². The molecule has 42 heavy (non-hydrogen) atoms. The quantitative estimate of drug-likeness (QED) is 0.286. The molecule has 0 radical (unpaired) electrons. The molecule has 0 saturated carbocycles. The number of hydrogen-bond acceptors (Lipinski definition) is 5. The summed E-state index contributed by atoms with van der Waals surface area (Å²) >= 11 is 0. The van der Waals surface area contributed by atoms with E-state index in [1.807, 2.05) is 47.4 Å². The van der Waals surface area contributed by atoms with Gasteiger partial charge in [0, 0.05) is 36.7 Å². The molecule has 3 aromatic carbocycles. The Labute approximate surface area is 243 Å². The molecular weight excluding hydrogens is 533 g/mol. The van der Waals surface area contributed by atoms with Gasteiger partial charge in [0.25, 0.3) is 11.8 Å². The average Bonchev–Trinajstić information content (AvgIpc) is 3.43.